The molecule has 2 aliphatic heterocycles. The summed E-state index contributed by atoms with van der Waals surface area (Å²) in [6.07, 6.45) is -1.04. The van der Waals surface area contributed by atoms with Crippen LogP contribution in [-0.2, 0) is 14.4 Å². The predicted molar refractivity (Wildman–Crippen MR) is 130 cm³/mol. The van der Waals surface area contributed by atoms with Crippen molar-refractivity contribution in [2.24, 2.45) is 5.92 Å². The van der Waals surface area contributed by atoms with Gasteiger partial charge in [0.05, 0.1) is 37.7 Å². The molecule has 2 saturated heterocycles. The summed E-state index contributed by atoms with van der Waals surface area (Å²) in [7, 11) is 4.59. The highest BCUT2D eigenvalue weighted by molar-refractivity contribution is 6.36. The maximum Gasteiger partial charge on any atom is 0.266 e. The third-order valence-corrected chi connectivity index (χ3v) is 6.59. The summed E-state index contributed by atoms with van der Waals surface area (Å²) < 4.78 is 16.6. The summed E-state index contributed by atoms with van der Waals surface area (Å²) in [5.41, 5.74) is 1.63. The number of ether oxygens (including phenoxy) is 3. The van der Waals surface area contributed by atoms with Gasteiger partial charge in [0.25, 0.3) is 5.91 Å². The van der Waals surface area contributed by atoms with Crippen molar-refractivity contribution in [3.05, 3.63) is 77.3 Å². The van der Waals surface area contributed by atoms with Gasteiger partial charge in [-0.05, 0) is 30.3 Å². The number of amides is 2. The molecular weight excluding hydrogens is 472 g/mol. The van der Waals surface area contributed by atoms with Gasteiger partial charge < -0.3 is 14.2 Å². The number of fused-ring (bicyclic) bond motifs is 1. The third-order valence-electron chi connectivity index (χ3n) is 6.27. The van der Waals surface area contributed by atoms with E-state index in [0.717, 1.165) is 4.90 Å². The van der Waals surface area contributed by atoms with Gasteiger partial charge in [-0.1, -0.05) is 41.9 Å². The summed E-state index contributed by atoms with van der Waals surface area (Å²) >= 11 is 6.34. The van der Waals surface area contributed by atoms with Gasteiger partial charge in [0.2, 0.25) is 5.91 Å². The summed E-state index contributed by atoms with van der Waals surface area (Å²) in [6.45, 7) is 0. The van der Waals surface area contributed by atoms with E-state index in [2.05, 4.69) is 0 Å². The van der Waals surface area contributed by atoms with Crippen LogP contribution in [0.4, 0.5) is 11.4 Å². The molecule has 3 atom stereocenters. The first-order valence-electron chi connectivity index (χ1n) is 10.9. The first-order chi connectivity index (χ1) is 17.0. The molecule has 0 aromatic heterocycles. The number of carbonyl (C=O) groups is 2. The molecule has 3 aromatic rings. The average molecular weight is 495 g/mol. The molecule has 2 amide bonds. The van der Waals surface area contributed by atoms with Crippen LogP contribution in [0.2, 0.25) is 5.02 Å². The Morgan fingerprint density at radius 1 is 0.800 bits per heavy atom. The third kappa shape index (κ3) is 3.66. The Hall–Kier alpha value is -3.75. The standard InChI is InChI=1S/C26H23ClN2O6/c1-32-19-14-21(34-3)20(33-2)13-16(19)23-22-24(35-29(23)15-9-5-4-6-10-15)26(31)28(25(22)30)18-12-8-7-11-17(18)27/h4-14,22-24H,1-3H3/t22-,23+,24-/m1/s1. The molecule has 0 saturated carbocycles. The largest absolute Gasteiger partial charge is 0.496 e. The molecule has 0 spiro atoms. The van der Waals surface area contributed by atoms with Crippen LogP contribution < -0.4 is 24.2 Å². The van der Waals surface area contributed by atoms with Crippen LogP contribution in [0, 0.1) is 5.92 Å². The van der Waals surface area contributed by atoms with Crippen molar-refractivity contribution in [1.29, 1.82) is 0 Å². The lowest BCUT2D eigenvalue weighted by molar-refractivity contribution is -0.126. The second-order valence-corrected chi connectivity index (χ2v) is 8.48. The Morgan fingerprint density at radius 3 is 2.09 bits per heavy atom. The fourth-order valence-corrected chi connectivity index (χ4v) is 4.90. The highest BCUT2D eigenvalue weighted by Crippen LogP contribution is 2.51. The maximum absolute atomic E-state index is 13.8. The predicted octanol–water partition coefficient (Wildman–Crippen LogP) is 4.42. The number of imide groups is 1. The number of methoxy groups -OCH3 is 3. The second-order valence-electron chi connectivity index (χ2n) is 8.07. The van der Waals surface area contributed by atoms with Gasteiger partial charge in [-0.25, -0.2) is 9.96 Å². The molecule has 2 heterocycles. The fourth-order valence-electron chi connectivity index (χ4n) is 4.68. The molecule has 9 heteroatoms. The molecule has 5 rings (SSSR count). The Labute approximate surface area is 207 Å². The van der Waals surface area contributed by atoms with Crippen molar-refractivity contribution in [3.63, 3.8) is 0 Å². The van der Waals surface area contributed by atoms with Crippen LogP contribution in [0.1, 0.15) is 11.6 Å². The van der Waals surface area contributed by atoms with Crippen molar-refractivity contribution in [2.75, 3.05) is 31.3 Å². The van der Waals surface area contributed by atoms with E-state index in [4.69, 9.17) is 30.6 Å². The van der Waals surface area contributed by atoms with E-state index < -0.39 is 29.9 Å². The van der Waals surface area contributed by atoms with Crippen molar-refractivity contribution < 1.29 is 28.6 Å². The van der Waals surface area contributed by atoms with E-state index in [1.165, 1.54) is 21.3 Å². The van der Waals surface area contributed by atoms with Crippen molar-refractivity contribution in [2.45, 2.75) is 12.1 Å². The van der Waals surface area contributed by atoms with E-state index in [-0.39, 0.29) is 0 Å². The molecule has 2 aliphatic rings. The minimum absolute atomic E-state index is 0.300. The van der Waals surface area contributed by atoms with Gasteiger partial charge in [-0.2, -0.15) is 0 Å². The van der Waals surface area contributed by atoms with E-state index in [9.17, 15) is 9.59 Å². The molecule has 2 fully saturated rings. The molecule has 180 valence electrons. The van der Waals surface area contributed by atoms with Gasteiger partial charge in [0.1, 0.15) is 17.7 Å². The van der Waals surface area contributed by atoms with Crippen LogP contribution in [0.25, 0.3) is 0 Å². The van der Waals surface area contributed by atoms with Gasteiger partial charge in [0, 0.05) is 11.6 Å². The molecule has 0 N–H and O–H groups in total. The highest BCUT2D eigenvalue weighted by atomic mass is 35.5. The molecule has 0 unspecified atom stereocenters. The number of para-hydroxylation sites is 2. The number of hydrogen-bond donors (Lipinski definition) is 0. The van der Waals surface area contributed by atoms with Crippen LogP contribution in [0.15, 0.2) is 66.7 Å². The SMILES string of the molecule is COc1cc(OC)c([C@H]2[C@H]3C(=O)N(c4ccccc4Cl)C(=O)[C@@H]3ON2c2ccccc2)cc1OC. The maximum atomic E-state index is 13.8. The topological polar surface area (TPSA) is 77.5 Å². The number of anilines is 2. The lowest BCUT2D eigenvalue weighted by atomic mass is 9.89. The summed E-state index contributed by atoms with van der Waals surface area (Å²) in [5.74, 6) is -0.342. The highest BCUT2D eigenvalue weighted by Gasteiger charge is 2.61. The zero-order chi connectivity index (χ0) is 24.7. The van der Waals surface area contributed by atoms with Crippen molar-refractivity contribution in [3.8, 4) is 17.2 Å². The van der Waals surface area contributed by atoms with Crippen LogP contribution >= 0.6 is 11.6 Å². The monoisotopic (exact) mass is 494 g/mol. The van der Waals surface area contributed by atoms with Gasteiger partial charge >= 0.3 is 0 Å². The first kappa shape index (κ1) is 23.0. The number of rotatable bonds is 6. The van der Waals surface area contributed by atoms with Gasteiger partial charge in [0.15, 0.2) is 17.6 Å². The summed E-state index contributed by atoms with van der Waals surface area (Å²) in [6, 6.07) is 18.8. The Morgan fingerprint density at radius 2 is 1.43 bits per heavy atom. The number of carbonyl (C=O) groups excluding carboxylic acids is 2. The Balaban J connectivity index is 1.67. The van der Waals surface area contributed by atoms with E-state index >= 15 is 0 Å². The average Bonchev–Trinajstić information content (AvgIpc) is 3.39. The van der Waals surface area contributed by atoms with Gasteiger partial charge in [-0.3, -0.25) is 14.4 Å². The quantitative estimate of drug-likeness (QED) is 0.469. The second kappa shape index (κ2) is 9.13. The molecule has 35 heavy (non-hydrogen) atoms. The van der Waals surface area contributed by atoms with E-state index in [1.54, 1.807) is 41.5 Å². The number of hydroxylamine groups is 1. The number of nitrogens with zero attached hydrogens (tertiary/aromatic N) is 2. The van der Waals surface area contributed by atoms with Crippen molar-refractivity contribution >= 4 is 34.8 Å². The lowest BCUT2D eigenvalue weighted by Gasteiger charge is -2.30. The van der Waals surface area contributed by atoms with Crippen LogP contribution in [0.3, 0.4) is 0 Å². The van der Waals surface area contributed by atoms with E-state index in [0.29, 0.717) is 39.2 Å². The molecule has 3 aromatic carbocycles. The number of halogens is 1. The lowest BCUT2D eigenvalue weighted by Crippen LogP contribution is -2.37. The first-order valence-corrected chi connectivity index (χ1v) is 11.3. The minimum atomic E-state index is -1.04. The zero-order valence-corrected chi connectivity index (χ0v) is 20.1. The smallest absolute Gasteiger partial charge is 0.266 e. The molecular formula is C26H23ClN2O6. The van der Waals surface area contributed by atoms with Crippen molar-refractivity contribution in [1.82, 2.24) is 0 Å². The Bertz CT molecular complexity index is 1280. The number of benzene rings is 3. The van der Waals surface area contributed by atoms with Gasteiger partial charge in [-0.15, -0.1) is 0 Å². The molecule has 0 radical (unpaired) electrons. The Kier molecular flexibility index (Phi) is 6.00. The zero-order valence-electron chi connectivity index (χ0n) is 19.3. The van der Waals surface area contributed by atoms with Crippen LogP contribution in [0.5, 0.6) is 17.2 Å². The molecule has 0 bridgehead atoms. The summed E-state index contributed by atoms with van der Waals surface area (Å²) in [5, 5.41) is 1.90. The molecule has 8 nitrogen and oxygen atoms in total. The fraction of sp³-hybridized carbons (Fsp3) is 0.231. The minimum Gasteiger partial charge on any atom is -0.496 e. The van der Waals surface area contributed by atoms with Crippen LogP contribution in [-0.4, -0.2) is 39.2 Å². The van der Waals surface area contributed by atoms with E-state index in [1.807, 2.05) is 30.3 Å². The normalized spacial score (nSPS) is 21.3. The summed E-state index contributed by atoms with van der Waals surface area (Å²) in [4.78, 5) is 34.6. The number of hydrogen-bond acceptors (Lipinski definition) is 7. The molecule has 0 aliphatic carbocycles.